The molecule has 1 amide bonds. The van der Waals surface area contributed by atoms with E-state index >= 15 is 0 Å². The molecule has 232 valence electrons. The third-order valence-corrected chi connectivity index (χ3v) is 6.90. The van der Waals surface area contributed by atoms with Crippen molar-refractivity contribution in [3.63, 3.8) is 0 Å². The number of nitrogens with zero attached hydrogens (tertiary/aromatic N) is 9. The number of carbonyl (C=O) groups excluding carboxylic acids is 2. The number of pyridine rings is 1. The Morgan fingerprint density at radius 1 is 0.935 bits per heavy atom. The van der Waals surface area contributed by atoms with E-state index in [-0.39, 0.29) is 12.5 Å². The molecule has 0 saturated heterocycles. The minimum absolute atomic E-state index is 0.0756. The number of anilines is 1. The lowest BCUT2D eigenvalue weighted by atomic mass is 10.1. The molecule has 0 saturated carbocycles. The zero-order valence-corrected chi connectivity index (χ0v) is 26.1. The number of rotatable bonds is 5. The highest BCUT2D eigenvalue weighted by molar-refractivity contribution is 5.88. The largest absolute Gasteiger partial charge is 0.468 e. The van der Waals surface area contributed by atoms with Gasteiger partial charge in [0.1, 0.15) is 17.0 Å². The fourth-order valence-corrected chi connectivity index (χ4v) is 4.62. The molecule has 46 heavy (non-hydrogen) atoms. The van der Waals surface area contributed by atoms with Crippen LogP contribution in [0, 0.1) is 11.8 Å². The lowest BCUT2D eigenvalue weighted by Gasteiger charge is -2.19. The summed E-state index contributed by atoms with van der Waals surface area (Å²) in [5.74, 6) is 7.42. The summed E-state index contributed by atoms with van der Waals surface area (Å²) in [6, 6.07) is 10.8. The summed E-state index contributed by atoms with van der Waals surface area (Å²) in [5.41, 5.74) is 3.88. The van der Waals surface area contributed by atoms with Gasteiger partial charge in [-0.15, -0.1) is 0 Å². The van der Waals surface area contributed by atoms with Gasteiger partial charge in [0.2, 0.25) is 11.8 Å². The minimum Gasteiger partial charge on any atom is -0.468 e. The molecule has 6 rings (SSSR count). The summed E-state index contributed by atoms with van der Waals surface area (Å²) in [6.45, 7) is 6.49. The molecular formula is C33H31N9O4. The van der Waals surface area contributed by atoms with Crippen molar-refractivity contribution in [3.8, 4) is 29.2 Å². The first-order valence-corrected chi connectivity index (χ1v) is 14.5. The quantitative estimate of drug-likeness (QED) is 0.266. The van der Waals surface area contributed by atoms with Crippen molar-refractivity contribution in [3.05, 3.63) is 83.6 Å². The van der Waals surface area contributed by atoms with Crippen molar-refractivity contribution >= 4 is 28.9 Å². The molecule has 0 aliphatic carbocycles. The van der Waals surface area contributed by atoms with Crippen LogP contribution in [0.4, 0.5) is 10.7 Å². The van der Waals surface area contributed by atoms with Crippen LogP contribution >= 0.6 is 0 Å². The van der Waals surface area contributed by atoms with Crippen molar-refractivity contribution in [1.82, 2.24) is 39.6 Å². The van der Waals surface area contributed by atoms with Gasteiger partial charge in [0, 0.05) is 62.8 Å². The van der Waals surface area contributed by atoms with Gasteiger partial charge in [-0.05, 0) is 68.2 Å². The molecule has 0 bridgehead atoms. The number of likely N-dealkylation sites (N-methyl/N-ethyl adjacent to an activating group) is 1. The van der Waals surface area contributed by atoms with Gasteiger partial charge < -0.3 is 19.3 Å². The lowest BCUT2D eigenvalue weighted by Crippen LogP contribution is -2.27. The molecule has 5 heterocycles. The molecule has 4 aromatic heterocycles. The number of aromatic nitrogens is 7. The zero-order chi connectivity index (χ0) is 32.4. The molecule has 1 aliphatic heterocycles. The third-order valence-electron chi connectivity index (χ3n) is 6.90. The van der Waals surface area contributed by atoms with E-state index < -0.39 is 11.7 Å². The number of benzene rings is 1. The molecule has 0 N–H and O–H groups in total. The summed E-state index contributed by atoms with van der Waals surface area (Å²) in [7, 11) is 3.36. The second-order valence-corrected chi connectivity index (χ2v) is 11.8. The highest BCUT2D eigenvalue weighted by Crippen LogP contribution is 2.28. The van der Waals surface area contributed by atoms with Crippen LogP contribution in [-0.4, -0.2) is 77.9 Å². The van der Waals surface area contributed by atoms with E-state index in [1.807, 2.05) is 43.9 Å². The number of ether oxygens (including phenoxy) is 2. The Labute approximate surface area is 265 Å². The Morgan fingerprint density at radius 3 is 2.54 bits per heavy atom. The Hall–Kier alpha value is -5.90. The van der Waals surface area contributed by atoms with Crippen LogP contribution in [0.2, 0.25) is 0 Å². The second kappa shape index (κ2) is 12.2. The van der Waals surface area contributed by atoms with E-state index in [0.717, 1.165) is 22.1 Å². The molecule has 0 radical (unpaired) electrons. The van der Waals surface area contributed by atoms with Crippen LogP contribution in [0.5, 0.6) is 5.88 Å². The first-order valence-electron chi connectivity index (χ1n) is 14.5. The first-order chi connectivity index (χ1) is 22.0. The Bertz CT molecular complexity index is 2020. The normalized spacial score (nSPS) is 12.3. The minimum atomic E-state index is -0.627. The molecular weight excluding hydrogens is 586 g/mol. The number of carbonyl (C=O) groups is 2. The summed E-state index contributed by atoms with van der Waals surface area (Å²) < 4.78 is 12.3. The molecule has 0 unspecified atom stereocenters. The summed E-state index contributed by atoms with van der Waals surface area (Å²) in [6.07, 6.45) is 6.14. The molecule has 1 aliphatic rings. The van der Waals surface area contributed by atoms with Crippen molar-refractivity contribution in [2.24, 2.45) is 0 Å². The average Bonchev–Trinajstić information content (AvgIpc) is 3.66. The molecule has 13 nitrogen and oxygen atoms in total. The van der Waals surface area contributed by atoms with Crippen LogP contribution in [0.25, 0.3) is 22.4 Å². The van der Waals surface area contributed by atoms with E-state index in [9.17, 15) is 9.59 Å². The predicted octanol–water partition coefficient (Wildman–Crippen LogP) is 3.85. The Morgan fingerprint density at radius 2 is 1.74 bits per heavy atom. The van der Waals surface area contributed by atoms with Gasteiger partial charge in [0.05, 0.1) is 11.7 Å². The average molecular weight is 618 g/mol. The van der Waals surface area contributed by atoms with Gasteiger partial charge in [-0.3, -0.25) is 4.79 Å². The van der Waals surface area contributed by atoms with Crippen LogP contribution in [-0.2, 0) is 22.6 Å². The SMILES string of the molecule is CN(C)C(=O)COc1cc2c(cn1)CN(c1nccc(-c3nccc(C#Cc4ccc5c(cnn5C(=O)OC(C)(C)C)c4)n3)n1)C2. The number of amides is 1. The fourth-order valence-electron chi connectivity index (χ4n) is 4.62. The maximum Gasteiger partial charge on any atom is 0.435 e. The fraction of sp³-hybridized carbons (Fsp3) is 0.273. The molecule has 0 atom stereocenters. The topological polar surface area (TPSA) is 141 Å². The van der Waals surface area contributed by atoms with E-state index in [2.05, 4.69) is 36.9 Å². The Balaban J connectivity index is 1.15. The van der Waals surface area contributed by atoms with E-state index in [1.54, 1.807) is 57.1 Å². The number of fused-ring (bicyclic) bond motifs is 2. The van der Waals surface area contributed by atoms with Gasteiger partial charge in [0.15, 0.2) is 12.4 Å². The third kappa shape index (κ3) is 6.76. The summed E-state index contributed by atoms with van der Waals surface area (Å²) in [4.78, 5) is 50.5. The van der Waals surface area contributed by atoms with Crippen molar-refractivity contribution in [2.45, 2.75) is 39.5 Å². The van der Waals surface area contributed by atoms with Crippen molar-refractivity contribution in [2.75, 3.05) is 25.6 Å². The molecule has 1 aromatic carbocycles. The van der Waals surface area contributed by atoms with E-state index in [4.69, 9.17) is 14.5 Å². The highest BCUT2D eigenvalue weighted by atomic mass is 16.6. The lowest BCUT2D eigenvalue weighted by molar-refractivity contribution is -0.130. The standard InChI is InChI=1S/C33H31N9O4/c1-33(2,3)46-32(44)42-27-9-7-21(14-22(27)17-37-42)6-8-25-10-12-34-30(38-25)26-11-13-35-31(39-26)41-18-23-15-28(36-16-24(23)19-41)45-20-29(43)40(4)5/h7,9-17H,18-20H2,1-5H3. The van der Waals surface area contributed by atoms with Crippen LogP contribution < -0.4 is 9.64 Å². The van der Waals surface area contributed by atoms with E-state index in [0.29, 0.717) is 47.6 Å². The second-order valence-electron chi connectivity index (χ2n) is 11.8. The maximum atomic E-state index is 12.5. The smallest absolute Gasteiger partial charge is 0.435 e. The maximum absolute atomic E-state index is 12.5. The molecule has 13 heteroatoms. The van der Waals surface area contributed by atoms with Crippen LogP contribution in [0.3, 0.4) is 0 Å². The first kappa shape index (κ1) is 30.1. The van der Waals surface area contributed by atoms with Gasteiger partial charge in [-0.25, -0.2) is 29.7 Å². The molecule has 5 aromatic rings. The molecule has 0 spiro atoms. The zero-order valence-electron chi connectivity index (χ0n) is 26.1. The highest BCUT2D eigenvalue weighted by Gasteiger charge is 2.24. The van der Waals surface area contributed by atoms with Gasteiger partial charge in [-0.2, -0.15) is 9.78 Å². The molecule has 0 fully saturated rings. The summed E-state index contributed by atoms with van der Waals surface area (Å²) in [5, 5.41) is 4.95. The monoisotopic (exact) mass is 617 g/mol. The predicted molar refractivity (Wildman–Crippen MR) is 169 cm³/mol. The van der Waals surface area contributed by atoms with E-state index in [1.165, 1.54) is 9.58 Å². The van der Waals surface area contributed by atoms with Crippen LogP contribution in [0.15, 0.2) is 61.2 Å². The Kier molecular flexibility index (Phi) is 8.02. The summed E-state index contributed by atoms with van der Waals surface area (Å²) >= 11 is 0. The number of hydrogen-bond acceptors (Lipinski definition) is 11. The van der Waals surface area contributed by atoms with Gasteiger partial charge in [-0.1, -0.05) is 5.92 Å². The van der Waals surface area contributed by atoms with Crippen molar-refractivity contribution < 1.29 is 19.1 Å². The van der Waals surface area contributed by atoms with Gasteiger partial charge >= 0.3 is 6.09 Å². The van der Waals surface area contributed by atoms with Crippen molar-refractivity contribution in [1.29, 1.82) is 0 Å². The number of hydrogen-bond donors (Lipinski definition) is 0. The van der Waals surface area contributed by atoms with Crippen LogP contribution in [0.1, 0.15) is 43.2 Å². The van der Waals surface area contributed by atoms with Gasteiger partial charge in [0.25, 0.3) is 5.91 Å².